The molecule has 0 aliphatic heterocycles. The van der Waals surface area contributed by atoms with Crippen LogP contribution in [0.2, 0.25) is 5.02 Å². The molecule has 1 amide bonds. The van der Waals surface area contributed by atoms with E-state index in [9.17, 15) is 13.2 Å². The van der Waals surface area contributed by atoms with Gasteiger partial charge >= 0.3 is 0 Å². The Balaban J connectivity index is 1.73. The average Bonchev–Trinajstić information content (AvgIpc) is 2.60. The van der Waals surface area contributed by atoms with Gasteiger partial charge in [0.25, 0.3) is 5.91 Å². The number of anilines is 1. The Labute approximate surface area is 157 Å². The van der Waals surface area contributed by atoms with Crippen molar-refractivity contribution in [1.82, 2.24) is 0 Å². The lowest BCUT2D eigenvalue weighted by Gasteiger charge is -2.05. The monoisotopic (exact) mass is 394 g/mol. The van der Waals surface area contributed by atoms with Crippen LogP contribution in [-0.4, -0.2) is 32.9 Å². The highest BCUT2D eigenvalue weighted by molar-refractivity contribution is 7.91. The fraction of sp³-hybridized carbons (Fsp3) is 0.222. The lowest BCUT2D eigenvalue weighted by molar-refractivity contribution is -0.110. The van der Waals surface area contributed by atoms with Crippen LogP contribution in [0.25, 0.3) is 0 Å². The third-order valence-corrected chi connectivity index (χ3v) is 5.55. The number of nitrogens with one attached hydrogen (secondary N) is 1. The second kappa shape index (κ2) is 9.35. The molecule has 0 saturated heterocycles. The number of carbonyl (C=O) groups excluding carboxylic acids is 1. The Kier molecular flexibility index (Phi) is 7.17. The van der Waals surface area contributed by atoms with E-state index in [-0.39, 0.29) is 23.7 Å². The van der Waals surface area contributed by atoms with E-state index in [0.717, 1.165) is 11.8 Å². The van der Waals surface area contributed by atoms with Crippen LogP contribution in [-0.2, 0) is 19.5 Å². The molecule has 0 unspecified atom stereocenters. The maximum atomic E-state index is 12.1. The molecule has 2 rings (SSSR count). The Morgan fingerprint density at radius 3 is 2.58 bits per heavy atom. The van der Waals surface area contributed by atoms with Crippen molar-refractivity contribution in [2.75, 3.05) is 17.7 Å². The molecule has 26 heavy (non-hydrogen) atoms. The second-order valence-corrected chi connectivity index (χ2v) is 8.04. The molecule has 8 heteroatoms. The Morgan fingerprint density at radius 2 is 1.88 bits per heavy atom. The van der Waals surface area contributed by atoms with Crippen LogP contribution in [0.5, 0.6) is 0 Å². The van der Waals surface area contributed by atoms with Crippen LogP contribution >= 0.6 is 11.6 Å². The van der Waals surface area contributed by atoms with Gasteiger partial charge in [0.15, 0.2) is 9.84 Å². The molecule has 2 aromatic carbocycles. The highest BCUT2D eigenvalue weighted by Crippen LogP contribution is 2.19. The summed E-state index contributed by atoms with van der Waals surface area (Å²) in [6.07, 6.45) is 1.23. The number of rotatable bonds is 8. The van der Waals surface area contributed by atoms with Gasteiger partial charge in [-0.2, -0.15) is 0 Å². The minimum Gasteiger partial charge on any atom is -0.396 e. The number of amides is 1. The van der Waals surface area contributed by atoms with Crippen LogP contribution in [0, 0.1) is 6.92 Å². The summed E-state index contributed by atoms with van der Waals surface area (Å²) in [4.78, 5) is 16.9. The number of aryl methyl sites for hydroxylation is 1. The van der Waals surface area contributed by atoms with Crippen LogP contribution in [0.3, 0.4) is 0 Å². The van der Waals surface area contributed by atoms with E-state index in [1.54, 1.807) is 48.5 Å². The summed E-state index contributed by atoms with van der Waals surface area (Å²) in [5.74, 6) is -0.553. The zero-order valence-electron chi connectivity index (χ0n) is 14.2. The highest BCUT2D eigenvalue weighted by atomic mass is 35.5. The second-order valence-electron chi connectivity index (χ2n) is 5.52. The molecular formula is C18H19ClN2O4S. The molecule has 2 aromatic rings. The summed E-state index contributed by atoms with van der Waals surface area (Å²) < 4.78 is 24.3. The van der Waals surface area contributed by atoms with Gasteiger partial charge in [-0.25, -0.2) is 8.42 Å². The van der Waals surface area contributed by atoms with Crippen molar-refractivity contribution in [2.45, 2.75) is 18.2 Å². The van der Waals surface area contributed by atoms with Crippen molar-refractivity contribution < 1.29 is 18.0 Å². The molecule has 0 fully saturated rings. The van der Waals surface area contributed by atoms with E-state index < -0.39 is 15.7 Å². The number of oxime groups is 1. The van der Waals surface area contributed by atoms with Gasteiger partial charge in [0, 0.05) is 0 Å². The Bertz CT molecular complexity index is 880. The smallest absolute Gasteiger partial charge is 0.270 e. The standard InChI is InChI=1S/C18H19ClN2O4S/c1-14-7-9-15(10-8-14)26(23,24)12-4-11-25-20-13-18(22)21-17-6-3-2-5-16(17)19/h2-3,5-10,13H,4,11-12H2,1H3,(H,21,22)/b20-13+. The molecule has 138 valence electrons. The van der Waals surface area contributed by atoms with Crippen molar-refractivity contribution in [3.05, 3.63) is 59.1 Å². The zero-order chi connectivity index (χ0) is 19.0. The van der Waals surface area contributed by atoms with E-state index in [0.29, 0.717) is 10.7 Å². The molecule has 6 nitrogen and oxygen atoms in total. The molecule has 0 aliphatic rings. The van der Waals surface area contributed by atoms with Gasteiger partial charge in [0.2, 0.25) is 0 Å². The molecule has 0 aliphatic carbocycles. The lowest BCUT2D eigenvalue weighted by Crippen LogP contribution is -2.13. The molecule has 0 radical (unpaired) electrons. The molecule has 0 aromatic heterocycles. The molecule has 0 atom stereocenters. The SMILES string of the molecule is Cc1ccc(S(=O)(=O)CCCO/N=C/C(=O)Nc2ccccc2Cl)cc1. The predicted octanol–water partition coefficient (Wildman–Crippen LogP) is 3.45. The number of sulfone groups is 1. The number of para-hydroxylation sites is 1. The number of carbonyl (C=O) groups is 1. The maximum Gasteiger partial charge on any atom is 0.270 e. The van der Waals surface area contributed by atoms with Crippen LogP contribution in [0.15, 0.2) is 58.6 Å². The fourth-order valence-corrected chi connectivity index (χ4v) is 3.51. The van der Waals surface area contributed by atoms with Crippen LogP contribution in [0.1, 0.15) is 12.0 Å². The van der Waals surface area contributed by atoms with E-state index in [1.807, 2.05) is 6.92 Å². The molecule has 1 N–H and O–H groups in total. The number of benzene rings is 2. The van der Waals surface area contributed by atoms with Crippen molar-refractivity contribution in [1.29, 1.82) is 0 Å². The van der Waals surface area contributed by atoms with E-state index >= 15 is 0 Å². The van der Waals surface area contributed by atoms with Crippen molar-refractivity contribution in [2.24, 2.45) is 5.16 Å². The lowest BCUT2D eigenvalue weighted by atomic mass is 10.2. The first-order valence-corrected chi connectivity index (χ1v) is 9.92. The largest absolute Gasteiger partial charge is 0.396 e. The molecular weight excluding hydrogens is 376 g/mol. The number of hydrogen-bond acceptors (Lipinski definition) is 5. The van der Waals surface area contributed by atoms with Gasteiger partial charge in [0.1, 0.15) is 12.8 Å². The minimum atomic E-state index is -3.35. The van der Waals surface area contributed by atoms with Crippen molar-refractivity contribution in [3.8, 4) is 0 Å². The summed E-state index contributed by atoms with van der Waals surface area (Å²) in [5.41, 5.74) is 1.46. The topological polar surface area (TPSA) is 84.8 Å². The first-order chi connectivity index (χ1) is 12.4. The molecule has 0 heterocycles. The van der Waals surface area contributed by atoms with E-state index in [1.165, 1.54) is 0 Å². The van der Waals surface area contributed by atoms with Gasteiger partial charge < -0.3 is 10.2 Å². The van der Waals surface area contributed by atoms with Crippen LogP contribution in [0.4, 0.5) is 5.69 Å². The van der Waals surface area contributed by atoms with Gasteiger partial charge in [-0.1, -0.05) is 46.6 Å². The summed E-state index contributed by atoms with van der Waals surface area (Å²) in [5, 5.41) is 6.49. The van der Waals surface area contributed by atoms with Gasteiger partial charge in [0.05, 0.1) is 21.4 Å². The minimum absolute atomic E-state index is 0.0581. The first-order valence-electron chi connectivity index (χ1n) is 7.89. The Morgan fingerprint density at radius 1 is 1.19 bits per heavy atom. The zero-order valence-corrected chi connectivity index (χ0v) is 15.8. The van der Waals surface area contributed by atoms with Crippen LogP contribution < -0.4 is 5.32 Å². The Hall–Kier alpha value is -2.38. The summed E-state index contributed by atoms with van der Waals surface area (Å²) in [6.45, 7) is 1.98. The number of nitrogens with zero attached hydrogens (tertiary/aromatic N) is 1. The predicted molar refractivity (Wildman–Crippen MR) is 102 cm³/mol. The van der Waals surface area contributed by atoms with Crippen molar-refractivity contribution in [3.63, 3.8) is 0 Å². The summed E-state index contributed by atoms with van der Waals surface area (Å²) >= 11 is 5.93. The average molecular weight is 395 g/mol. The number of hydrogen-bond donors (Lipinski definition) is 1. The molecule has 0 bridgehead atoms. The fourth-order valence-electron chi connectivity index (χ4n) is 2.04. The van der Waals surface area contributed by atoms with Gasteiger partial charge in [-0.05, 0) is 37.6 Å². The van der Waals surface area contributed by atoms with Crippen molar-refractivity contribution >= 4 is 39.2 Å². The van der Waals surface area contributed by atoms with Gasteiger partial charge in [-0.15, -0.1) is 0 Å². The molecule has 0 spiro atoms. The van der Waals surface area contributed by atoms with E-state index in [4.69, 9.17) is 16.4 Å². The van der Waals surface area contributed by atoms with Gasteiger partial charge in [-0.3, -0.25) is 4.79 Å². The first kappa shape index (κ1) is 19.9. The highest BCUT2D eigenvalue weighted by Gasteiger charge is 2.13. The summed E-state index contributed by atoms with van der Waals surface area (Å²) in [6, 6.07) is 13.5. The summed E-state index contributed by atoms with van der Waals surface area (Å²) in [7, 11) is -3.35. The quantitative estimate of drug-likeness (QED) is 0.422. The molecule has 0 saturated carbocycles. The third kappa shape index (κ3) is 6.16. The number of halogens is 1. The normalized spacial score (nSPS) is 11.5. The third-order valence-electron chi connectivity index (χ3n) is 3.41. The maximum absolute atomic E-state index is 12.1. The van der Waals surface area contributed by atoms with E-state index in [2.05, 4.69) is 10.5 Å².